The van der Waals surface area contributed by atoms with Crippen molar-refractivity contribution in [2.75, 3.05) is 38.3 Å². The number of hydrogen-bond donors (Lipinski definition) is 1. The summed E-state index contributed by atoms with van der Waals surface area (Å²) in [5.41, 5.74) is -1.40. The minimum Gasteiger partial charge on any atom is -0.497 e. The van der Waals surface area contributed by atoms with E-state index in [0.29, 0.717) is 50.2 Å². The van der Waals surface area contributed by atoms with Crippen LogP contribution >= 0.6 is 0 Å². The van der Waals surface area contributed by atoms with Crippen LogP contribution in [-0.4, -0.2) is 89.3 Å². The summed E-state index contributed by atoms with van der Waals surface area (Å²) >= 11 is 0. The highest BCUT2D eigenvalue weighted by Crippen LogP contribution is 2.65. The molecule has 2 bridgehead atoms. The monoisotopic (exact) mass is 595 g/mol. The largest absolute Gasteiger partial charge is 0.497 e. The van der Waals surface area contributed by atoms with Gasteiger partial charge in [-0.05, 0) is 55.9 Å². The van der Waals surface area contributed by atoms with Crippen LogP contribution in [0, 0.1) is 17.8 Å². The van der Waals surface area contributed by atoms with Gasteiger partial charge in [0.1, 0.15) is 17.4 Å². The summed E-state index contributed by atoms with van der Waals surface area (Å²) in [4.78, 5) is 49.0. The van der Waals surface area contributed by atoms with Gasteiger partial charge in [-0.25, -0.2) is 0 Å². The number of benzene rings is 1. The maximum absolute atomic E-state index is 14.9. The Bertz CT molecular complexity index is 1200. The van der Waals surface area contributed by atoms with E-state index in [9.17, 15) is 19.5 Å². The summed E-state index contributed by atoms with van der Waals surface area (Å²) < 4.78 is 12.3. The fourth-order valence-corrected chi connectivity index (χ4v) is 7.76. The first-order chi connectivity index (χ1) is 20.6. The molecule has 3 aliphatic rings. The van der Waals surface area contributed by atoms with E-state index in [4.69, 9.17) is 9.47 Å². The zero-order valence-electron chi connectivity index (χ0n) is 26.5. The lowest BCUT2D eigenvalue weighted by Crippen LogP contribution is -2.60. The molecule has 4 rings (SSSR count). The third kappa shape index (κ3) is 5.29. The van der Waals surface area contributed by atoms with Crippen LogP contribution in [0.3, 0.4) is 0 Å². The molecule has 0 radical (unpaired) electrons. The Labute approximate surface area is 256 Å². The molecule has 3 fully saturated rings. The van der Waals surface area contributed by atoms with Gasteiger partial charge in [-0.3, -0.25) is 14.4 Å². The number of aliphatic hydroxyl groups excluding tert-OH is 1. The Balaban J connectivity index is 1.88. The molecule has 9 nitrogen and oxygen atoms in total. The maximum atomic E-state index is 14.9. The van der Waals surface area contributed by atoms with Crippen molar-refractivity contribution in [2.24, 2.45) is 17.8 Å². The highest BCUT2D eigenvalue weighted by Gasteiger charge is 2.79. The molecular weight excluding hydrogens is 546 g/mol. The van der Waals surface area contributed by atoms with Crippen LogP contribution in [0.5, 0.6) is 5.75 Å². The quantitative estimate of drug-likeness (QED) is 0.305. The molecule has 3 aliphatic heterocycles. The number of anilines is 1. The van der Waals surface area contributed by atoms with E-state index in [1.165, 1.54) is 0 Å². The molecule has 0 saturated carbocycles. The van der Waals surface area contributed by atoms with Crippen LogP contribution in [0.4, 0.5) is 5.69 Å². The molecular formula is C34H49N3O6. The average molecular weight is 596 g/mol. The zero-order valence-corrected chi connectivity index (χ0v) is 26.5. The molecule has 1 aromatic carbocycles. The van der Waals surface area contributed by atoms with Gasteiger partial charge in [0.15, 0.2) is 0 Å². The van der Waals surface area contributed by atoms with Crippen LogP contribution in [0.1, 0.15) is 59.8 Å². The van der Waals surface area contributed by atoms with Gasteiger partial charge in [0.25, 0.3) is 5.91 Å². The van der Waals surface area contributed by atoms with Gasteiger partial charge in [0.05, 0.1) is 37.2 Å². The van der Waals surface area contributed by atoms with Crippen molar-refractivity contribution < 1.29 is 29.0 Å². The van der Waals surface area contributed by atoms with Crippen molar-refractivity contribution in [1.29, 1.82) is 0 Å². The van der Waals surface area contributed by atoms with Crippen molar-refractivity contribution in [3.05, 3.63) is 49.6 Å². The number of carbonyl (C=O) groups excluding carboxylic acids is 3. The van der Waals surface area contributed by atoms with Gasteiger partial charge >= 0.3 is 0 Å². The first-order valence-corrected chi connectivity index (χ1v) is 15.7. The van der Waals surface area contributed by atoms with E-state index in [0.717, 1.165) is 6.42 Å². The molecule has 3 saturated heterocycles. The second kappa shape index (κ2) is 13.2. The van der Waals surface area contributed by atoms with Gasteiger partial charge in [-0.15, -0.1) is 13.2 Å². The first-order valence-electron chi connectivity index (χ1n) is 15.7. The molecule has 0 aliphatic carbocycles. The summed E-state index contributed by atoms with van der Waals surface area (Å²) in [5.74, 6) is -1.70. The molecule has 0 aromatic heterocycles. The second-order valence-electron chi connectivity index (χ2n) is 12.2. The summed E-state index contributed by atoms with van der Waals surface area (Å²) in [6.07, 6.45) is 6.43. The van der Waals surface area contributed by atoms with Gasteiger partial charge in [-0.2, -0.15) is 0 Å². The molecule has 43 heavy (non-hydrogen) atoms. The molecule has 2 unspecified atom stereocenters. The van der Waals surface area contributed by atoms with Crippen LogP contribution in [0.15, 0.2) is 49.6 Å². The van der Waals surface area contributed by atoms with Crippen molar-refractivity contribution in [1.82, 2.24) is 9.80 Å². The van der Waals surface area contributed by atoms with Crippen LogP contribution in [0.25, 0.3) is 0 Å². The second-order valence-corrected chi connectivity index (χ2v) is 12.2. The van der Waals surface area contributed by atoms with E-state index in [1.807, 2.05) is 27.7 Å². The molecule has 3 heterocycles. The highest BCUT2D eigenvalue weighted by atomic mass is 16.5. The van der Waals surface area contributed by atoms with Crippen molar-refractivity contribution in [2.45, 2.75) is 83.1 Å². The topological polar surface area (TPSA) is 99.6 Å². The number of hydrogen-bond acceptors (Lipinski definition) is 6. The van der Waals surface area contributed by atoms with E-state index < -0.39 is 35.1 Å². The van der Waals surface area contributed by atoms with Gasteiger partial charge in [0.2, 0.25) is 11.8 Å². The third-order valence-corrected chi connectivity index (χ3v) is 10.1. The first kappa shape index (κ1) is 32.7. The zero-order chi connectivity index (χ0) is 31.5. The Morgan fingerprint density at radius 2 is 1.81 bits per heavy atom. The maximum Gasteiger partial charge on any atom is 0.253 e. The lowest BCUT2D eigenvalue weighted by molar-refractivity contribution is -0.154. The van der Waals surface area contributed by atoms with Crippen molar-refractivity contribution in [3.63, 3.8) is 0 Å². The van der Waals surface area contributed by atoms with E-state index in [-0.39, 0.29) is 36.8 Å². The number of amides is 3. The Hall–Kier alpha value is -3.17. The molecule has 236 valence electrons. The number of fused-ring (bicyclic) bond motifs is 1. The van der Waals surface area contributed by atoms with Gasteiger partial charge < -0.3 is 29.3 Å². The predicted octanol–water partition coefficient (Wildman–Crippen LogP) is 4.20. The van der Waals surface area contributed by atoms with Gasteiger partial charge in [0, 0.05) is 25.3 Å². The predicted molar refractivity (Wildman–Crippen MR) is 167 cm³/mol. The van der Waals surface area contributed by atoms with Crippen LogP contribution in [0.2, 0.25) is 0 Å². The van der Waals surface area contributed by atoms with Crippen LogP contribution in [-0.2, 0) is 19.1 Å². The number of nitrogens with zero attached hydrogens (tertiary/aromatic N) is 3. The third-order valence-electron chi connectivity index (χ3n) is 10.1. The smallest absolute Gasteiger partial charge is 0.253 e. The molecule has 9 heteroatoms. The lowest BCUT2D eigenvalue weighted by atomic mass is 9.64. The average Bonchev–Trinajstić information content (AvgIpc) is 3.63. The summed E-state index contributed by atoms with van der Waals surface area (Å²) in [6.45, 7) is 16.6. The fourth-order valence-electron chi connectivity index (χ4n) is 7.76. The van der Waals surface area contributed by atoms with Gasteiger partial charge in [-0.1, -0.05) is 46.3 Å². The SMILES string of the molecule is C=CCN(CCC)C(=O)[C@@H]1[C@H]2C(=O)N([C@@H](CO)[C@@H](C)CC)C(C(=O)N(CC=C)c3ccc(OC)cc3)C23CC[C@@]1(CC)O3. The van der Waals surface area contributed by atoms with Crippen molar-refractivity contribution >= 4 is 23.4 Å². The molecule has 3 amide bonds. The number of carbonyl (C=O) groups is 3. The normalized spacial score (nSPS) is 28.7. The molecule has 7 atom stereocenters. The standard InChI is InChI=1S/C34H49N3O6/c1-8-19-35(20-9-2)30(39)27-28-31(40)37(26(22-38)23(6)11-4)29(34(28)18-17-33(27,12-5)43-34)32(41)36(21-10-3)24-13-15-25(42-7)16-14-24/h8,10,13-16,23,26-29,38H,1,3,9,11-12,17-22H2,2,4-7H3/t23-,26-,27-,28-,29?,33+,34?/m0/s1. The molecule has 1 spiro atoms. The lowest BCUT2D eigenvalue weighted by Gasteiger charge is -2.41. The summed E-state index contributed by atoms with van der Waals surface area (Å²) in [7, 11) is 1.58. The number of ether oxygens (including phenoxy) is 2. The Morgan fingerprint density at radius 3 is 2.35 bits per heavy atom. The van der Waals surface area contributed by atoms with Crippen molar-refractivity contribution in [3.8, 4) is 5.75 Å². The van der Waals surface area contributed by atoms with Crippen LogP contribution < -0.4 is 9.64 Å². The molecule has 1 N–H and O–H groups in total. The molecule has 1 aromatic rings. The van der Waals surface area contributed by atoms with E-state index in [2.05, 4.69) is 13.2 Å². The Morgan fingerprint density at radius 1 is 1.14 bits per heavy atom. The fraction of sp³-hybridized carbons (Fsp3) is 0.618. The summed E-state index contributed by atoms with van der Waals surface area (Å²) in [6, 6.07) is 5.56. The minimum atomic E-state index is -1.19. The Kier molecular flexibility index (Phi) is 10.1. The summed E-state index contributed by atoms with van der Waals surface area (Å²) in [5, 5.41) is 10.7. The highest BCUT2D eigenvalue weighted by molar-refractivity contribution is 6.05. The number of rotatable bonds is 15. The van der Waals surface area contributed by atoms with E-state index in [1.54, 1.807) is 58.2 Å². The number of likely N-dealkylation sites (tertiary alicyclic amines) is 1. The van der Waals surface area contributed by atoms with E-state index >= 15 is 0 Å². The number of aliphatic hydroxyl groups is 1. The number of methoxy groups -OCH3 is 1. The minimum absolute atomic E-state index is 0.0860.